The molecular weight excluding hydrogens is 367 g/mol. The van der Waals surface area contributed by atoms with Gasteiger partial charge in [0.15, 0.2) is 0 Å². The van der Waals surface area contributed by atoms with Crippen LogP contribution in [0.5, 0.6) is 0 Å². The van der Waals surface area contributed by atoms with Crippen LogP contribution >= 0.6 is 0 Å². The van der Waals surface area contributed by atoms with E-state index in [2.05, 4.69) is 46.3 Å². The Morgan fingerprint density at radius 1 is 0.950 bits per heavy atom. The Balaban J connectivity index is 0. The molecule has 0 rings (SSSR count). The van der Waals surface area contributed by atoms with Gasteiger partial charge in [0.2, 0.25) is 0 Å². The van der Waals surface area contributed by atoms with Gasteiger partial charge in [0.25, 0.3) is 0 Å². The standard InChI is InChI=1S/C6H10O5.2C4H9.Sn/c1-6(11-2,5(9)10)3-4(7)8;2*1-4(2)3;/h3H2,1-2H3,(H,7,8)(H,9,10);2*1-3H3;/q;;;+2/p-2. The zero-order valence-electron chi connectivity index (χ0n) is 13.7. The van der Waals surface area contributed by atoms with Crippen molar-refractivity contribution < 1.29 is 24.5 Å². The fourth-order valence-corrected chi connectivity index (χ4v) is 8.05. The van der Waals surface area contributed by atoms with Crippen LogP contribution in [0, 0.1) is 0 Å². The van der Waals surface area contributed by atoms with Gasteiger partial charge in [-0.25, -0.2) is 0 Å². The first-order valence-corrected chi connectivity index (χ1v) is 9.24. The van der Waals surface area contributed by atoms with Crippen LogP contribution < -0.4 is 10.2 Å². The molecule has 0 heterocycles. The molecule has 0 aromatic carbocycles. The van der Waals surface area contributed by atoms with Crippen molar-refractivity contribution in [2.24, 2.45) is 0 Å². The summed E-state index contributed by atoms with van der Waals surface area (Å²) < 4.78 is 5.74. The molecule has 1 atom stereocenters. The number of aliphatic carboxylic acids is 2. The second-order valence-corrected chi connectivity index (χ2v) is 16.2. The number of carbonyl (C=O) groups is 2. The Bertz CT molecular complexity index is 315. The van der Waals surface area contributed by atoms with Gasteiger partial charge in [-0.1, -0.05) is 0 Å². The van der Waals surface area contributed by atoms with Gasteiger partial charge >= 0.3 is 69.5 Å². The van der Waals surface area contributed by atoms with Gasteiger partial charge in [-0.15, -0.1) is 0 Å². The van der Waals surface area contributed by atoms with E-state index in [4.69, 9.17) is 0 Å². The number of ether oxygens (including phenoxy) is 1. The Kier molecular flexibility index (Phi) is 9.03. The predicted molar refractivity (Wildman–Crippen MR) is 75.2 cm³/mol. The quantitative estimate of drug-likeness (QED) is 0.646. The molecule has 1 unspecified atom stereocenters. The average Bonchev–Trinajstić information content (AvgIpc) is 2.11. The maximum absolute atomic E-state index is 10.3. The summed E-state index contributed by atoms with van der Waals surface area (Å²) in [7, 11) is 1.10. The molecule has 0 amide bonds. The molecule has 0 fully saturated rings. The number of hydrogen-bond acceptors (Lipinski definition) is 5. The van der Waals surface area contributed by atoms with Crippen molar-refractivity contribution >= 4 is 33.1 Å². The molecule has 6 heteroatoms. The van der Waals surface area contributed by atoms with Gasteiger partial charge in [-0.3, -0.25) is 0 Å². The summed E-state index contributed by atoms with van der Waals surface area (Å²) in [5.74, 6) is -3.05. The Hall–Kier alpha value is -0.301. The first-order valence-electron chi connectivity index (χ1n) is 6.39. The van der Waals surface area contributed by atoms with Crippen LogP contribution in [0.2, 0.25) is 6.86 Å². The third-order valence-electron chi connectivity index (χ3n) is 2.11. The van der Waals surface area contributed by atoms with E-state index in [1.54, 1.807) is 0 Å². The van der Waals surface area contributed by atoms with Crippen molar-refractivity contribution in [1.82, 2.24) is 0 Å². The van der Waals surface area contributed by atoms with Crippen molar-refractivity contribution in [3.8, 4) is 0 Å². The molecule has 0 radical (unpaired) electrons. The summed E-state index contributed by atoms with van der Waals surface area (Å²) in [6, 6.07) is 0. The molecule has 0 aromatic heterocycles. The van der Waals surface area contributed by atoms with E-state index in [-0.39, 0.29) is 21.1 Å². The summed E-state index contributed by atoms with van der Waals surface area (Å²) in [6.45, 7) is 15.3. The van der Waals surface area contributed by atoms with E-state index in [9.17, 15) is 19.8 Å². The van der Waals surface area contributed by atoms with Crippen LogP contribution in [0.25, 0.3) is 0 Å². The van der Waals surface area contributed by atoms with E-state index in [1.807, 2.05) is 0 Å². The van der Waals surface area contributed by atoms with Crippen LogP contribution in [0.15, 0.2) is 0 Å². The Morgan fingerprint density at radius 2 is 1.30 bits per heavy atom. The summed E-state index contributed by atoms with van der Waals surface area (Å²) in [6.07, 6.45) is -0.716. The molecule has 0 spiro atoms. The summed E-state index contributed by atoms with van der Waals surface area (Å²) >= 11 is -0.182. The van der Waals surface area contributed by atoms with Crippen LogP contribution in [0.1, 0.15) is 54.9 Å². The van der Waals surface area contributed by atoms with Crippen molar-refractivity contribution in [2.45, 2.75) is 67.3 Å². The number of rotatable bonds is 4. The van der Waals surface area contributed by atoms with Gasteiger partial charge in [0, 0.05) is 19.5 Å². The summed E-state index contributed by atoms with van der Waals surface area (Å²) in [5.41, 5.74) is -1.79. The van der Waals surface area contributed by atoms with Crippen LogP contribution in [-0.4, -0.2) is 45.8 Å². The van der Waals surface area contributed by atoms with Crippen molar-refractivity contribution in [2.75, 3.05) is 7.11 Å². The van der Waals surface area contributed by atoms with Gasteiger partial charge < -0.3 is 24.5 Å². The van der Waals surface area contributed by atoms with E-state index in [1.165, 1.54) is 0 Å². The van der Waals surface area contributed by atoms with Crippen LogP contribution in [0.4, 0.5) is 0 Å². The molecule has 0 saturated heterocycles. The zero-order valence-corrected chi connectivity index (χ0v) is 16.6. The average molecular weight is 393 g/mol. The molecule has 0 aromatic rings. The third kappa shape index (κ3) is 12.7. The van der Waals surface area contributed by atoms with Crippen LogP contribution in [-0.2, 0) is 14.3 Å². The molecule has 20 heavy (non-hydrogen) atoms. The SMILES string of the molecule is COC(C)(CC(=O)[O-])C(=O)[O-].C[C](C)(C)[Sn+2][C](C)(C)C. The second kappa shape index (κ2) is 8.22. The molecular formula is C14H26O5Sn. The van der Waals surface area contributed by atoms with Gasteiger partial charge in [-0.05, 0) is 6.92 Å². The molecule has 116 valence electrons. The molecule has 5 nitrogen and oxygen atoms in total. The molecule has 0 bridgehead atoms. The summed E-state index contributed by atoms with van der Waals surface area (Å²) in [5, 5.41) is 20.3. The van der Waals surface area contributed by atoms with E-state index < -0.39 is 24.0 Å². The first kappa shape index (κ1) is 22.0. The van der Waals surface area contributed by atoms with Crippen molar-refractivity contribution in [3.05, 3.63) is 0 Å². The monoisotopic (exact) mass is 394 g/mol. The molecule has 0 saturated carbocycles. The number of carboxylic acid groups (broad SMARTS) is 2. The third-order valence-corrected chi connectivity index (χ3v) is 6.40. The molecule has 0 aliphatic heterocycles. The first-order chi connectivity index (χ1) is 8.63. The minimum atomic E-state index is -1.79. The van der Waals surface area contributed by atoms with E-state index >= 15 is 0 Å². The predicted octanol–water partition coefficient (Wildman–Crippen LogP) is 0.409. The van der Waals surface area contributed by atoms with Crippen LogP contribution in [0.3, 0.4) is 0 Å². The van der Waals surface area contributed by atoms with E-state index in [0.29, 0.717) is 6.86 Å². The topological polar surface area (TPSA) is 89.5 Å². The number of carboxylic acids is 2. The fourth-order valence-electron chi connectivity index (χ4n) is 1.63. The van der Waals surface area contributed by atoms with Crippen molar-refractivity contribution in [3.63, 3.8) is 0 Å². The van der Waals surface area contributed by atoms with Crippen molar-refractivity contribution in [1.29, 1.82) is 0 Å². The number of hydrogen-bond donors (Lipinski definition) is 0. The van der Waals surface area contributed by atoms with Gasteiger partial charge in [-0.2, -0.15) is 0 Å². The maximum atomic E-state index is 10.3. The normalized spacial score (nSPS) is 14.4. The fraction of sp³-hybridized carbons (Fsp3) is 0.857. The minimum absolute atomic E-state index is 0.182. The Labute approximate surface area is 132 Å². The summed E-state index contributed by atoms with van der Waals surface area (Å²) in [4.78, 5) is 20.3. The number of carbonyl (C=O) groups excluding carboxylic acids is 2. The number of methoxy groups -OCH3 is 1. The zero-order chi connectivity index (χ0) is 16.8. The van der Waals surface area contributed by atoms with Gasteiger partial charge in [0.05, 0.1) is 5.97 Å². The molecule has 0 aliphatic rings. The van der Waals surface area contributed by atoms with Gasteiger partial charge in [0.1, 0.15) is 5.60 Å². The second-order valence-electron chi connectivity index (χ2n) is 6.90. The van der Waals surface area contributed by atoms with E-state index in [0.717, 1.165) is 14.0 Å². The Morgan fingerprint density at radius 3 is 1.35 bits per heavy atom. The molecule has 0 N–H and O–H groups in total. The molecule has 0 aliphatic carbocycles.